The average molecular weight is 209 g/mol. The predicted molar refractivity (Wildman–Crippen MR) is 63.7 cm³/mol. The fourth-order valence-electron chi connectivity index (χ4n) is 2.27. The molecule has 0 N–H and O–H groups in total. The van der Waals surface area contributed by atoms with Crippen LogP contribution in [-0.2, 0) is 4.74 Å². The van der Waals surface area contributed by atoms with E-state index in [1.54, 1.807) is 0 Å². The van der Waals surface area contributed by atoms with Crippen LogP contribution in [0.2, 0.25) is 0 Å². The standard InChI is InChI=1S/C11H17NO.C2H6/c1-2-3-5-12-6-4-10-8-13-9-11(10)7-12;1-2/h10-11H,4-9H2,1H3;1-2H3. The number of piperidine rings is 1. The van der Waals surface area contributed by atoms with Crippen molar-refractivity contribution in [3.63, 3.8) is 0 Å². The number of hydrogen-bond acceptors (Lipinski definition) is 2. The highest BCUT2D eigenvalue weighted by Gasteiger charge is 2.33. The third-order valence-corrected chi connectivity index (χ3v) is 3.12. The molecule has 0 bridgehead atoms. The first-order chi connectivity index (χ1) is 7.40. The summed E-state index contributed by atoms with van der Waals surface area (Å²) in [5.41, 5.74) is 0. The third-order valence-electron chi connectivity index (χ3n) is 3.12. The number of fused-ring (bicyclic) bond motifs is 1. The van der Waals surface area contributed by atoms with Crippen molar-refractivity contribution < 1.29 is 4.74 Å². The minimum absolute atomic E-state index is 0.785. The quantitative estimate of drug-likeness (QED) is 0.613. The maximum absolute atomic E-state index is 5.48. The first kappa shape index (κ1) is 12.5. The Balaban J connectivity index is 0.000000531. The maximum atomic E-state index is 5.48. The molecule has 2 heteroatoms. The molecular weight excluding hydrogens is 186 g/mol. The van der Waals surface area contributed by atoms with Crippen LogP contribution in [0, 0.1) is 23.7 Å². The van der Waals surface area contributed by atoms with Gasteiger partial charge in [0.1, 0.15) is 0 Å². The summed E-state index contributed by atoms with van der Waals surface area (Å²) in [7, 11) is 0. The molecule has 2 fully saturated rings. The minimum atomic E-state index is 0.785. The lowest BCUT2D eigenvalue weighted by molar-refractivity contribution is 0.162. The molecular formula is C13H23NO. The van der Waals surface area contributed by atoms with Gasteiger partial charge in [-0.2, -0.15) is 0 Å². The molecule has 86 valence electrons. The van der Waals surface area contributed by atoms with E-state index in [1.807, 2.05) is 20.8 Å². The lowest BCUT2D eigenvalue weighted by Crippen LogP contribution is -2.40. The lowest BCUT2D eigenvalue weighted by Gasteiger charge is -2.32. The number of nitrogens with zero attached hydrogens (tertiary/aromatic N) is 1. The van der Waals surface area contributed by atoms with E-state index in [9.17, 15) is 0 Å². The van der Waals surface area contributed by atoms with Crippen LogP contribution < -0.4 is 0 Å². The zero-order valence-electron chi connectivity index (χ0n) is 10.3. The molecule has 0 aliphatic carbocycles. The molecule has 0 radical (unpaired) electrons. The first-order valence-corrected chi connectivity index (χ1v) is 6.10. The van der Waals surface area contributed by atoms with Gasteiger partial charge in [0.2, 0.25) is 0 Å². The van der Waals surface area contributed by atoms with Crippen LogP contribution in [-0.4, -0.2) is 37.7 Å². The fourth-order valence-corrected chi connectivity index (χ4v) is 2.27. The Labute approximate surface area is 94.0 Å². The van der Waals surface area contributed by atoms with Crippen molar-refractivity contribution in [3.05, 3.63) is 0 Å². The molecule has 2 heterocycles. The Hall–Kier alpha value is -0.520. The van der Waals surface area contributed by atoms with Gasteiger partial charge in [-0.3, -0.25) is 4.90 Å². The molecule has 15 heavy (non-hydrogen) atoms. The van der Waals surface area contributed by atoms with Gasteiger partial charge in [0.15, 0.2) is 0 Å². The van der Waals surface area contributed by atoms with Gasteiger partial charge in [0, 0.05) is 19.1 Å². The van der Waals surface area contributed by atoms with Crippen molar-refractivity contribution >= 4 is 0 Å². The van der Waals surface area contributed by atoms with E-state index in [0.29, 0.717) is 0 Å². The van der Waals surface area contributed by atoms with Gasteiger partial charge < -0.3 is 4.74 Å². The second-order valence-electron chi connectivity index (χ2n) is 4.01. The highest BCUT2D eigenvalue weighted by molar-refractivity contribution is 4.99. The highest BCUT2D eigenvalue weighted by atomic mass is 16.5. The summed E-state index contributed by atoms with van der Waals surface area (Å²) < 4.78 is 5.48. The van der Waals surface area contributed by atoms with Gasteiger partial charge in [-0.05, 0) is 25.8 Å². The summed E-state index contributed by atoms with van der Waals surface area (Å²) in [6.45, 7) is 11.2. The van der Waals surface area contributed by atoms with Gasteiger partial charge >= 0.3 is 0 Å². The largest absolute Gasteiger partial charge is 0.381 e. The molecule has 2 unspecified atom stereocenters. The van der Waals surface area contributed by atoms with Crippen molar-refractivity contribution in [2.24, 2.45) is 11.8 Å². The van der Waals surface area contributed by atoms with Crippen molar-refractivity contribution in [1.82, 2.24) is 4.90 Å². The van der Waals surface area contributed by atoms with E-state index in [0.717, 1.165) is 31.6 Å². The van der Waals surface area contributed by atoms with Crippen LogP contribution in [0.15, 0.2) is 0 Å². The molecule has 0 amide bonds. The van der Waals surface area contributed by atoms with Crippen molar-refractivity contribution in [2.75, 3.05) is 32.8 Å². The first-order valence-electron chi connectivity index (χ1n) is 6.10. The minimum Gasteiger partial charge on any atom is -0.381 e. The summed E-state index contributed by atoms with van der Waals surface area (Å²) in [6.07, 6.45) is 1.30. The zero-order valence-corrected chi connectivity index (χ0v) is 10.3. The summed E-state index contributed by atoms with van der Waals surface area (Å²) in [4.78, 5) is 2.45. The van der Waals surface area contributed by atoms with Crippen LogP contribution in [0.5, 0.6) is 0 Å². The monoisotopic (exact) mass is 209 g/mol. The molecule has 2 aliphatic rings. The Morgan fingerprint density at radius 2 is 2.00 bits per heavy atom. The maximum Gasteiger partial charge on any atom is 0.0601 e. The summed E-state index contributed by atoms with van der Waals surface area (Å²) in [6, 6.07) is 0. The van der Waals surface area contributed by atoms with Gasteiger partial charge in [-0.25, -0.2) is 0 Å². The molecule has 0 spiro atoms. The SMILES string of the molecule is CC.CC#CCN1CCC2COCC2C1. The van der Waals surface area contributed by atoms with Crippen LogP contribution in [0.4, 0.5) is 0 Å². The molecule has 0 saturated carbocycles. The van der Waals surface area contributed by atoms with E-state index < -0.39 is 0 Å². The summed E-state index contributed by atoms with van der Waals surface area (Å²) >= 11 is 0. The second kappa shape index (κ2) is 6.87. The molecule has 0 aromatic carbocycles. The van der Waals surface area contributed by atoms with Gasteiger partial charge in [-0.15, -0.1) is 5.92 Å². The van der Waals surface area contributed by atoms with Gasteiger partial charge in [0.25, 0.3) is 0 Å². The smallest absolute Gasteiger partial charge is 0.0601 e. The van der Waals surface area contributed by atoms with Gasteiger partial charge in [0.05, 0.1) is 13.2 Å². The van der Waals surface area contributed by atoms with Crippen LogP contribution in [0.1, 0.15) is 27.2 Å². The number of hydrogen-bond donors (Lipinski definition) is 0. The number of likely N-dealkylation sites (tertiary alicyclic amines) is 1. The van der Waals surface area contributed by atoms with Crippen LogP contribution >= 0.6 is 0 Å². The molecule has 2 nitrogen and oxygen atoms in total. The van der Waals surface area contributed by atoms with Crippen molar-refractivity contribution in [2.45, 2.75) is 27.2 Å². The van der Waals surface area contributed by atoms with Gasteiger partial charge in [-0.1, -0.05) is 19.8 Å². The normalized spacial score (nSPS) is 29.5. The molecule has 2 saturated heterocycles. The van der Waals surface area contributed by atoms with E-state index in [4.69, 9.17) is 4.74 Å². The summed E-state index contributed by atoms with van der Waals surface area (Å²) in [5.74, 6) is 7.71. The topological polar surface area (TPSA) is 12.5 Å². The molecule has 0 aromatic rings. The van der Waals surface area contributed by atoms with E-state index in [1.165, 1.54) is 19.5 Å². The molecule has 2 rings (SSSR count). The van der Waals surface area contributed by atoms with Crippen LogP contribution in [0.25, 0.3) is 0 Å². The third kappa shape index (κ3) is 3.52. The predicted octanol–water partition coefficient (Wildman–Crippen LogP) is 2.00. The van der Waals surface area contributed by atoms with E-state index in [2.05, 4.69) is 16.7 Å². The Morgan fingerprint density at radius 1 is 1.27 bits per heavy atom. The highest BCUT2D eigenvalue weighted by Crippen LogP contribution is 2.28. The molecule has 2 aliphatic heterocycles. The van der Waals surface area contributed by atoms with Crippen molar-refractivity contribution in [3.8, 4) is 11.8 Å². The van der Waals surface area contributed by atoms with Crippen LogP contribution in [0.3, 0.4) is 0 Å². The fraction of sp³-hybridized carbons (Fsp3) is 0.846. The summed E-state index contributed by atoms with van der Waals surface area (Å²) in [5, 5.41) is 0. The Kier molecular flexibility index (Phi) is 5.75. The number of ether oxygens (including phenoxy) is 1. The zero-order chi connectivity index (χ0) is 11.1. The number of rotatable bonds is 1. The van der Waals surface area contributed by atoms with E-state index >= 15 is 0 Å². The molecule has 0 aromatic heterocycles. The average Bonchev–Trinajstić information content (AvgIpc) is 2.76. The Bertz CT molecular complexity index is 228. The van der Waals surface area contributed by atoms with Crippen molar-refractivity contribution in [1.29, 1.82) is 0 Å². The Morgan fingerprint density at radius 3 is 2.73 bits per heavy atom. The van der Waals surface area contributed by atoms with E-state index in [-0.39, 0.29) is 0 Å². The second-order valence-corrected chi connectivity index (χ2v) is 4.01. The molecule has 2 atom stereocenters. The lowest BCUT2D eigenvalue weighted by atomic mass is 9.89.